The summed E-state index contributed by atoms with van der Waals surface area (Å²) >= 11 is 0. The van der Waals surface area contributed by atoms with E-state index in [0.29, 0.717) is 13.1 Å². The number of hydrogen-bond acceptors (Lipinski definition) is 4. The monoisotopic (exact) mass is 288 g/mol. The van der Waals surface area contributed by atoms with Gasteiger partial charge >= 0.3 is 0 Å². The molecule has 0 spiro atoms. The van der Waals surface area contributed by atoms with Crippen molar-refractivity contribution in [1.82, 2.24) is 19.8 Å². The van der Waals surface area contributed by atoms with Crippen molar-refractivity contribution in [3.63, 3.8) is 0 Å². The molecule has 1 aromatic heterocycles. The maximum Gasteiger partial charge on any atom is 0.208 e. The number of aryl methyl sites for hydroxylation is 2. The minimum absolute atomic E-state index is 0.154. The summed E-state index contributed by atoms with van der Waals surface area (Å²) in [4.78, 5) is 0. The summed E-state index contributed by atoms with van der Waals surface area (Å²) in [5, 5.41) is 7.79. The fraction of sp³-hybridized carbons (Fsp3) is 0.750. The van der Waals surface area contributed by atoms with Gasteiger partial charge in [0, 0.05) is 36.9 Å². The third kappa shape index (κ3) is 4.59. The zero-order valence-corrected chi connectivity index (χ0v) is 13.1. The number of nitrogens with zero attached hydrogens (tertiary/aromatic N) is 2. The van der Waals surface area contributed by atoms with Gasteiger partial charge in [-0.15, -0.1) is 0 Å². The molecule has 0 aliphatic heterocycles. The standard InChI is InChI=1S/C12H24N4O2S/c1-6-16-11(4)12(10(3)15-16)9(2)13-7-8-14-19(5,17)18/h9,13-14H,6-8H2,1-5H3. The van der Waals surface area contributed by atoms with E-state index in [1.165, 1.54) is 5.56 Å². The van der Waals surface area contributed by atoms with E-state index in [0.717, 1.165) is 24.2 Å². The normalized spacial score (nSPS) is 13.7. The quantitative estimate of drug-likeness (QED) is 0.725. The Morgan fingerprint density at radius 2 is 1.95 bits per heavy atom. The summed E-state index contributed by atoms with van der Waals surface area (Å²) in [6.07, 6.45) is 1.16. The molecular formula is C12H24N4O2S. The minimum Gasteiger partial charge on any atom is -0.309 e. The Kier molecular flexibility index (Phi) is 5.51. The van der Waals surface area contributed by atoms with Crippen LogP contribution in [0.2, 0.25) is 0 Å². The average molecular weight is 288 g/mol. The lowest BCUT2D eigenvalue weighted by atomic mass is 10.1. The van der Waals surface area contributed by atoms with Gasteiger partial charge in [-0.05, 0) is 27.7 Å². The van der Waals surface area contributed by atoms with Crippen LogP contribution >= 0.6 is 0 Å². The van der Waals surface area contributed by atoms with Crippen molar-refractivity contribution in [3.05, 3.63) is 17.0 Å². The van der Waals surface area contributed by atoms with Gasteiger partial charge < -0.3 is 5.32 Å². The molecule has 1 unspecified atom stereocenters. The highest BCUT2D eigenvalue weighted by molar-refractivity contribution is 7.88. The molecule has 0 radical (unpaired) electrons. The molecule has 1 heterocycles. The van der Waals surface area contributed by atoms with Crippen molar-refractivity contribution in [1.29, 1.82) is 0 Å². The fourth-order valence-electron chi connectivity index (χ4n) is 2.27. The van der Waals surface area contributed by atoms with Gasteiger partial charge in [0.15, 0.2) is 0 Å². The van der Waals surface area contributed by atoms with Crippen molar-refractivity contribution >= 4 is 10.0 Å². The van der Waals surface area contributed by atoms with E-state index in [-0.39, 0.29) is 6.04 Å². The molecule has 0 amide bonds. The minimum atomic E-state index is -3.11. The largest absolute Gasteiger partial charge is 0.309 e. The van der Waals surface area contributed by atoms with Gasteiger partial charge in [-0.2, -0.15) is 5.10 Å². The van der Waals surface area contributed by atoms with Crippen molar-refractivity contribution in [2.24, 2.45) is 0 Å². The molecule has 6 nitrogen and oxygen atoms in total. The van der Waals surface area contributed by atoms with Crippen LogP contribution in [-0.2, 0) is 16.6 Å². The summed E-state index contributed by atoms with van der Waals surface area (Å²) in [6.45, 7) is 10.0. The van der Waals surface area contributed by atoms with Crippen molar-refractivity contribution in [2.75, 3.05) is 19.3 Å². The van der Waals surface area contributed by atoms with Crippen molar-refractivity contribution in [3.8, 4) is 0 Å². The average Bonchev–Trinajstić information content (AvgIpc) is 2.58. The van der Waals surface area contributed by atoms with Crippen molar-refractivity contribution < 1.29 is 8.42 Å². The lowest BCUT2D eigenvalue weighted by Gasteiger charge is -2.15. The molecule has 0 saturated heterocycles. The van der Waals surface area contributed by atoms with E-state index in [2.05, 4.69) is 35.9 Å². The van der Waals surface area contributed by atoms with E-state index >= 15 is 0 Å². The maximum atomic E-state index is 10.9. The summed E-state index contributed by atoms with van der Waals surface area (Å²) in [6, 6.07) is 0.154. The number of sulfonamides is 1. The summed E-state index contributed by atoms with van der Waals surface area (Å²) < 4.78 is 26.3. The number of nitrogens with one attached hydrogen (secondary N) is 2. The van der Waals surface area contributed by atoms with E-state index in [1.54, 1.807) is 0 Å². The van der Waals surface area contributed by atoms with Gasteiger partial charge in [0.1, 0.15) is 0 Å². The summed E-state index contributed by atoms with van der Waals surface area (Å²) in [5.74, 6) is 0. The van der Waals surface area contributed by atoms with Crippen LogP contribution < -0.4 is 10.0 Å². The lowest BCUT2D eigenvalue weighted by Crippen LogP contribution is -2.32. The Labute approximate surface area is 115 Å². The lowest BCUT2D eigenvalue weighted by molar-refractivity contribution is 0.552. The molecule has 7 heteroatoms. The fourth-order valence-corrected chi connectivity index (χ4v) is 2.75. The van der Waals surface area contributed by atoms with Gasteiger partial charge in [-0.1, -0.05) is 0 Å². The molecule has 1 aromatic rings. The third-order valence-corrected chi connectivity index (χ3v) is 3.84. The highest BCUT2D eigenvalue weighted by atomic mass is 32.2. The SMILES string of the molecule is CCn1nc(C)c(C(C)NCCNS(C)(=O)=O)c1C. The first kappa shape index (κ1) is 16.1. The maximum absolute atomic E-state index is 10.9. The number of aromatic nitrogens is 2. The first-order valence-corrected chi connectivity index (χ1v) is 8.37. The van der Waals surface area contributed by atoms with Gasteiger partial charge in [-0.25, -0.2) is 13.1 Å². The topological polar surface area (TPSA) is 76.0 Å². The van der Waals surface area contributed by atoms with Crippen LogP contribution in [0.25, 0.3) is 0 Å². The second kappa shape index (κ2) is 6.49. The molecule has 2 N–H and O–H groups in total. The predicted molar refractivity (Wildman–Crippen MR) is 76.6 cm³/mol. The second-order valence-corrected chi connectivity index (χ2v) is 6.58. The van der Waals surface area contributed by atoms with Crippen LogP contribution in [-0.4, -0.2) is 37.5 Å². The van der Waals surface area contributed by atoms with Crippen LogP contribution in [0.1, 0.15) is 36.8 Å². The molecule has 0 bridgehead atoms. The Balaban J connectivity index is 2.59. The van der Waals surface area contributed by atoms with E-state index in [4.69, 9.17) is 0 Å². The van der Waals surface area contributed by atoms with Crippen LogP contribution in [0.15, 0.2) is 0 Å². The van der Waals surface area contributed by atoms with Gasteiger partial charge in [0.05, 0.1) is 11.9 Å². The molecule has 0 aromatic carbocycles. The van der Waals surface area contributed by atoms with Gasteiger partial charge in [0.2, 0.25) is 10.0 Å². The van der Waals surface area contributed by atoms with E-state index < -0.39 is 10.0 Å². The molecule has 1 rings (SSSR count). The highest BCUT2D eigenvalue weighted by Gasteiger charge is 2.16. The molecule has 0 aliphatic rings. The first-order valence-electron chi connectivity index (χ1n) is 6.48. The Morgan fingerprint density at radius 1 is 1.32 bits per heavy atom. The zero-order valence-electron chi connectivity index (χ0n) is 12.3. The van der Waals surface area contributed by atoms with Crippen LogP contribution in [0, 0.1) is 13.8 Å². The molecular weight excluding hydrogens is 264 g/mol. The number of hydrogen-bond donors (Lipinski definition) is 2. The molecule has 0 fully saturated rings. The predicted octanol–water partition coefficient (Wildman–Crippen LogP) is 0.720. The molecule has 0 aliphatic carbocycles. The molecule has 19 heavy (non-hydrogen) atoms. The van der Waals surface area contributed by atoms with Gasteiger partial charge in [0.25, 0.3) is 0 Å². The molecule has 0 saturated carbocycles. The van der Waals surface area contributed by atoms with Crippen molar-refractivity contribution in [2.45, 2.75) is 40.3 Å². The smallest absolute Gasteiger partial charge is 0.208 e. The number of rotatable bonds is 7. The summed E-state index contributed by atoms with van der Waals surface area (Å²) in [5.41, 5.74) is 3.38. The van der Waals surface area contributed by atoms with E-state index in [1.807, 2.05) is 11.6 Å². The Hall–Kier alpha value is -0.920. The highest BCUT2D eigenvalue weighted by Crippen LogP contribution is 2.20. The van der Waals surface area contributed by atoms with Crippen LogP contribution in [0.5, 0.6) is 0 Å². The second-order valence-electron chi connectivity index (χ2n) is 4.74. The summed E-state index contributed by atoms with van der Waals surface area (Å²) in [7, 11) is -3.11. The molecule has 1 atom stereocenters. The van der Waals surface area contributed by atoms with Crippen LogP contribution in [0.4, 0.5) is 0 Å². The zero-order chi connectivity index (χ0) is 14.6. The van der Waals surface area contributed by atoms with Gasteiger partial charge in [-0.3, -0.25) is 4.68 Å². The Morgan fingerprint density at radius 3 is 2.42 bits per heavy atom. The molecule has 110 valence electrons. The Bertz CT molecular complexity index is 522. The van der Waals surface area contributed by atoms with E-state index in [9.17, 15) is 8.42 Å². The van der Waals surface area contributed by atoms with Crippen LogP contribution in [0.3, 0.4) is 0 Å². The first-order chi connectivity index (χ1) is 8.76. The third-order valence-electron chi connectivity index (χ3n) is 3.11.